The molecule has 1 nitrogen and oxygen atoms in total. The third kappa shape index (κ3) is 4.12. The quantitative estimate of drug-likeness (QED) is 0.182. The summed E-state index contributed by atoms with van der Waals surface area (Å²) in [6.07, 6.45) is 0. The maximum absolute atomic E-state index is 2.47. The maximum atomic E-state index is 2.47. The SMILES string of the molecule is CC1(C)c2ccccc2-c2ccc(N(c3ccc(-c4ccccc4)cc3)c3ccc4c(c3)C(C)(C)c3ccc5sc6ccccc6c5c3-4)cc21. The van der Waals surface area contributed by atoms with Gasteiger partial charge >= 0.3 is 0 Å². The molecule has 7 aromatic carbocycles. The Balaban J connectivity index is 1.16. The molecule has 0 radical (unpaired) electrons. The normalized spacial score (nSPS) is 14.7. The lowest BCUT2D eigenvalue weighted by Gasteiger charge is -2.30. The molecular weight excluding hydrogens is 623 g/mol. The van der Waals surface area contributed by atoms with E-state index in [1.54, 1.807) is 0 Å². The lowest BCUT2D eigenvalue weighted by molar-refractivity contribution is 0.660. The molecule has 1 aromatic heterocycles. The Kier molecular flexibility index (Phi) is 6.21. The third-order valence-electron chi connectivity index (χ3n) is 11.5. The second kappa shape index (κ2) is 10.5. The highest BCUT2D eigenvalue weighted by Gasteiger charge is 2.39. The third-order valence-corrected chi connectivity index (χ3v) is 12.6. The molecule has 0 atom stereocenters. The van der Waals surface area contributed by atoms with Crippen molar-refractivity contribution in [3.05, 3.63) is 174 Å². The summed E-state index contributed by atoms with van der Waals surface area (Å²) in [7, 11) is 0. The van der Waals surface area contributed by atoms with Gasteiger partial charge in [-0.3, -0.25) is 0 Å². The molecule has 0 spiro atoms. The van der Waals surface area contributed by atoms with Gasteiger partial charge in [-0.25, -0.2) is 0 Å². The highest BCUT2D eigenvalue weighted by molar-refractivity contribution is 7.26. The molecule has 2 aliphatic rings. The molecule has 0 fully saturated rings. The van der Waals surface area contributed by atoms with Crippen molar-refractivity contribution in [1.29, 1.82) is 0 Å². The summed E-state index contributed by atoms with van der Waals surface area (Å²) in [5.74, 6) is 0. The molecule has 0 saturated carbocycles. The number of nitrogens with zero attached hydrogens (tertiary/aromatic N) is 1. The van der Waals surface area contributed by atoms with Crippen molar-refractivity contribution in [2.75, 3.05) is 4.90 Å². The lowest BCUT2D eigenvalue weighted by Crippen LogP contribution is -2.18. The summed E-state index contributed by atoms with van der Waals surface area (Å²) in [5.41, 5.74) is 16.8. The van der Waals surface area contributed by atoms with Crippen LogP contribution in [0.25, 0.3) is 53.6 Å². The molecule has 0 bridgehead atoms. The van der Waals surface area contributed by atoms with Crippen LogP contribution in [0.4, 0.5) is 17.1 Å². The van der Waals surface area contributed by atoms with E-state index in [4.69, 9.17) is 0 Å². The molecule has 0 N–H and O–H groups in total. The monoisotopic (exact) mass is 659 g/mol. The van der Waals surface area contributed by atoms with Crippen molar-refractivity contribution in [3.8, 4) is 33.4 Å². The predicted octanol–water partition coefficient (Wildman–Crippen LogP) is 13.8. The van der Waals surface area contributed by atoms with E-state index >= 15 is 0 Å². The van der Waals surface area contributed by atoms with E-state index in [1.165, 1.54) is 87.2 Å². The molecule has 0 aliphatic heterocycles. The van der Waals surface area contributed by atoms with Crippen LogP contribution in [0, 0.1) is 0 Å². The Morgan fingerprint density at radius 1 is 0.420 bits per heavy atom. The molecule has 1 heterocycles. The van der Waals surface area contributed by atoms with Crippen LogP contribution in [0.1, 0.15) is 49.9 Å². The molecule has 8 aromatic rings. The Morgan fingerprint density at radius 3 is 1.78 bits per heavy atom. The highest BCUT2D eigenvalue weighted by atomic mass is 32.1. The number of thiophene rings is 1. The largest absolute Gasteiger partial charge is 0.310 e. The van der Waals surface area contributed by atoms with E-state index in [9.17, 15) is 0 Å². The van der Waals surface area contributed by atoms with E-state index < -0.39 is 0 Å². The summed E-state index contributed by atoms with van der Waals surface area (Å²) in [6.45, 7) is 9.53. The predicted molar refractivity (Wildman–Crippen MR) is 215 cm³/mol. The second-order valence-electron chi connectivity index (χ2n) is 15.0. The van der Waals surface area contributed by atoms with Gasteiger partial charge in [-0.1, -0.05) is 131 Å². The average Bonchev–Trinajstić information content (AvgIpc) is 3.72. The molecular formula is C48H37NS. The molecule has 2 aliphatic carbocycles. The Morgan fingerprint density at radius 2 is 1.00 bits per heavy atom. The fourth-order valence-electron chi connectivity index (χ4n) is 8.88. The van der Waals surface area contributed by atoms with Gasteiger partial charge in [-0.05, 0) is 104 Å². The van der Waals surface area contributed by atoms with Gasteiger partial charge in [0.25, 0.3) is 0 Å². The average molecular weight is 660 g/mol. The molecule has 240 valence electrons. The molecule has 50 heavy (non-hydrogen) atoms. The Bertz CT molecular complexity index is 2640. The first-order chi connectivity index (χ1) is 24.3. The van der Waals surface area contributed by atoms with Crippen molar-refractivity contribution in [3.63, 3.8) is 0 Å². The number of anilines is 3. The molecule has 2 heteroatoms. The molecule has 10 rings (SSSR count). The van der Waals surface area contributed by atoms with Crippen LogP contribution < -0.4 is 4.90 Å². The number of rotatable bonds is 4. The Hall–Kier alpha value is -5.44. The van der Waals surface area contributed by atoms with Crippen molar-refractivity contribution in [2.24, 2.45) is 0 Å². The number of hydrogen-bond donors (Lipinski definition) is 0. The van der Waals surface area contributed by atoms with E-state index in [-0.39, 0.29) is 10.8 Å². The van der Waals surface area contributed by atoms with E-state index in [0.29, 0.717) is 0 Å². The van der Waals surface area contributed by atoms with E-state index in [0.717, 1.165) is 5.69 Å². The number of benzene rings is 7. The number of hydrogen-bond acceptors (Lipinski definition) is 2. The molecule has 0 unspecified atom stereocenters. The minimum Gasteiger partial charge on any atom is -0.310 e. The summed E-state index contributed by atoms with van der Waals surface area (Å²) in [5, 5.41) is 2.76. The van der Waals surface area contributed by atoms with Crippen molar-refractivity contribution >= 4 is 48.6 Å². The lowest BCUT2D eigenvalue weighted by atomic mass is 9.82. The maximum Gasteiger partial charge on any atom is 0.0465 e. The van der Waals surface area contributed by atoms with Crippen molar-refractivity contribution in [2.45, 2.75) is 38.5 Å². The van der Waals surface area contributed by atoms with Crippen LogP contribution in [0.15, 0.2) is 152 Å². The fourth-order valence-corrected chi connectivity index (χ4v) is 9.99. The van der Waals surface area contributed by atoms with Gasteiger partial charge in [0.15, 0.2) is 0 Å². The summed E-state index contributed by atoms with van der Waals surface area (Å²) in [4.78, 5) is 2.46. The second-order valence-corrected chi connectivity index (χ2v) is 16.0. The van der Waals surface area contributed by atoms with Gasteiger partial charge in [0.05, 0.1) is 0 Å². The van der Waals surface area contributed by atoms with E-state index in [2.05, 4.69) is 184 Å². The summed E-state index contributed by atoms with van der Waals surface area (Å²) < 4.78 is 2.71. The summed E-state index contributed by atoms with van der Waals surface area (Å²) in [6, 6.07) is 56.5. The van der Waals surface area contributed by atoms with Crippen LogP contribution in [0.5, 0.6) is 0 Å². The van der Waals surface area contributed by atoms with Crippen molar-refractivity contribution < 1.29 is 0 Å². The van der Waals surface area contributed by atoms with Gasteiger partial charge in [-0.2, -0.15) is 0 Å². The fraction of sp³-hybridized carbons (Fsp3) is 0.125. The first kappa shape index (κ1) is 29.5. The molecule has 0 saturated heterocycles. The van der Waals surface area contributed by atoms with Gasteiger partial charge in [0.1, 0.15) is 0 Å². The van der Waals surface area contributed by atoms with E-state index in [1.807, 2.05) is 11.3 Å². The minimum atomic E-state index is -0.137. The first-order valence-electron chi connectivity index (χ1n) is 17.6. The summed E-state index contributed by atoms with van der Waals surface area (Å²) >= 11 is 1.90. The zero-order valence-electron chi connectivity index (χ0n) is 28.8. The standard InChI is InChI=1S/C48H37NS/c1-47(2)39-16-10-8-14-35(39)36-24-22-33(28-41(36)47)49(32-20-18-31(19-21-32)30-12-6-5-7-13-30)34-23-25-37-42(29-34)48(3,4)40-26-27-44-46(45(37)40)38-15-9-11-17-43(38)50-44/h5-29H,1-4H3. The number of fused-ring (bicyclic) bond motifs is 10. The topological polar surface area (TPSA) is 3.24 Å². The van der Waals surface area contributed by atoms with Gasteiger partial charge < -0.3 is 4.90 Å². The highest BCUT2D eigenvalue weighted by Crippen LogP contribution is 2.56. The van der Waals surface area contributed by atoms with Crippen LogP contribution in [-0.4, -0.2) is 0 Å². The Labute approximate surface area is 298 Å². The van der Waals surface area contributed by atoms with Gasteiger partial charge in [0, 0.05) is 48.1 Å². The van der Waals surface area contributed by atoms with Crippen LogP contribution in [0.2, 0.25) is 0 Å². The van der Waals surface area contributed by atoms with Crippen molar-refractivity contribution in [1.82, 2.24) is 0 Å². The zero-order valence-corrected chi connectivity index (χ0v) is 29.6. The molecule has 0 amide bonds. The smallest absolute Gasteiger partial charge is 0.0465 e. The first-order valence-corrected chi connectivity index (χ1v) is 18.4. The van der Waals surface area contributed by atoms with Crippen LogP contribution in [0.3, 0.4) is 0 Å². The van der Waals surface area contributed by atoms with Gasteiger partial charge in [-0.15, -0.1) is 11.3 Å². The minimum absolute atomic E-state index is 0.0823. The van der Waals surface area contributed by atoms with Crippen LogP contribution >= 0.6 is 11.3 Å². The zero-order chi connectivity index (χ0) is 33.8. The van der Waals surface area contributed by atoms with Gasteiger partial charge in [0.2, 0.25) is 0 Å². The van der Waals surface area contributed by atoms with Crippen LogP contribution in [-0.2, 0) is 10.8 Å².